The Kier molecular flexibility index (Phi) is 5.81. The third-order valence-electron chi connectivity index (χ3n) is 4.64. The van der Waals surface area contributed by atoms with Gasteiger partial charge in [-0.1, -0.05) is 0 Å². The van der Waals surface area contributed by atoms with Gasteiger partial charge in [0.15, 0.2) is 6.10 Å². The maximum Gasteiger partial charge on any atom is 0.288 e. The van der Waals surface area contributed by atoms with Gasteiger partial charge < -0.3 is 14.1 Å². The minimum absolute atomic E-state index is 0.295. The van der Waals surface area contributed by atoms with Gasteiger partial charge in [0.25, 0.3) is 10.7 Å². The summed E-state index contributed by atoms with van der Waals surface area (Å²) >= 11 is 5.31. The molecule has 1 aromatic carbocycles. The summed E-state index contributed by atoms with van der Waals surface area (Å²) in [7, 11) is 0. The third kappa shape index (κ3) is 4.77. The van der Waals surface area contributed by atoms with Crippen LogP contribution in [0.1, 0.15) is 18.9 Å². The van der Waals surface area contributed by atoms with Crippen molar-refractivity contribution in [3.8, 4) is 5.75 Å². The zero-order valence-electron chi connectivity index (χ0n) is 15.9. The van der Waals surface area contributed by atoms with Crippen molar-refractivity contribution in [3.05, 3.63) is 59.3 Å². The largest absolute Gasteiger partial charge is 0.481 e. The molecule has 0 bridgehead atoms. The molecule has 0 N–H and O–H groups in total. The van der Waals surface area contributed by atoms with Gasteiger partial charge in [-0.05, 0) is 49.5 Å². The van der Waals surface area contributed by atoms with E-state index in [0.29, 0.717) is 23.1 Å². The third-order valence-corrected chi connectivity index (χ3v) is 4.93. The molecular formula is C19H21FN6O2S. The molecule has 1 fully saturated rings. The molecule has 0 aliphatic carbocycles. The first-order valence-electron chi connectivity index (χ1n) is 9.33. The van der Waals surface area contributed by atoms with E-state index in [4.69, 9.17) is 21.4 Å². The van der Waals surface area contributed by atoms with E-state index in [0.717, 1.165) is 32.1 Å². The maximum absolute atomic E-state index is 13.0. The summed E-state index contributed by atoms with van der Waals surface area (Å²) in [6, 6.07) is 7.62. The number of nitrogens with zero attached hydrogens (tertiary/aromatic N) is 6. The molecule has 4 rings (SSSR count). The van der Waals surface area contributed by atoms with E-state index in [1.165, 1.54) is 12.1 Å². The lowest BCUT2D eigenvalue weighted by molar-refractivity contribution is 0.185. The zero-order valence-corrected chi connectivity index (χ0v) is 16.8. The molecule has 0 radical (unpaired) electrons. The van der Waals surface area contributed by atoms with E-state index in [1.807, 2.05) is 13.0 Å². The van der Waals surface area contributed by atoms with Crippen LogP contribution in [0.25, 0.3) is 0 Å². The van der Waals surface area contributed by atoms with Crippen molar-refractivity contribution in [1.82, 2.24) is 24.6 Å². The first kappa shape index (κ1) is 19.5. The van der Waals surface area contributed by atoms with Crippen LogP contribution in [0.15, 0.2) is 47.1 Å². The number of hydrogen-bond donors (Lipinski definition) is 0. The van der Waals surface area contributed by atoms with Crippen LogP contribution in [-0.2, 0) is 6.67 Å². The number of hydrogen-bond acceptors (Lipinski definition) is 8. The first-order chi connectivity index (χ1) is 14.1. The molecule has 0 amide bonds. The van der Waals surface area contributed by atoms with Crippen LogP contribution in [0.4, 0.5) is 10.3 Å². The number of halogens is 1. The average Bonchev–Trinajstić information content (AvgIpc) is 3.11. The van der Waals surface area contributed by atoms with Crippen molar-refractivity contribution >= 4 is 18.2 Å². The molecule has 0 spiro atoms. The Balaban J connectivity index is 1.35. The topological polar surface area (TPSA) is 72.5 Å². The predicted octanol–water partition coefficient (Wildman–Crippen LogP) is 3.05. The fourth-order valence-electron chi connectivity index (χ4n) is 3.08. The van der Waals surface area contributed by atoms with Crippen LogP contribution < -0.4 is 9.64 Å². The van der Waals surface area contributed by atoms with Gasteiger partial charge in [-0.25, -0.2) is 19.0 Å². The second kappa shape index (κ2) is 8.66. The van der Waals surface area contributed by atoms with Gasteiger partial charge in [-0.15, -0.1) is 5.10 Å². The number of benzene rings is 1. The highest BCUT2D eigenvalue weighted by Gasteiger charge is 2.21. The van der Waals surface area contributed by atoms with Crippen LogP contribution in [0.5, 0.6) is 5.75 Å². The van der Waals surface area contributed by atoms with E-state index >= 15 is 0 Å². The van der Waals surface area contributed by atoms with Crippen LogP contribution in [-0.4, -0.2) is 50.8 Å². The second-order valence-electron chi connectivity index (χ2n) is 6.72. The summed E-state index contributed by atoms with van der Waals surface area (Å²) in [5, 5.41) is 4.46. The lowest BCUT2D eigenvalue weighted by Gasteiger charge is -2.34. The van der Waals surface area contributed by atoms with E-state index < -0.39 is 6.10 Å². The fourth-order valence-corrected chi connectivity index (χ4v) is 3.26. The first-order valence-corrected chi connectivity index (χ1v) is 9.74. The van der Waals surface area contributed by atoms with Gasteiger partial charge in [0.2, 0.25) is 5.95 Å². The molecule has 152 valence electrons. The van der Waals surface area contributed by atoms with Crippen LogP contribution >= 0.6 is 12.2 Å². The Bertz CT molecular complexity index is 986. The molecule has 1 atom stereocenters. The molecule has 3 heterocycles. The highest BCUT2D eigenvalue weighted by Crippen LogP contribution is 2.21. The summed E-state index contributed by atoms with van der Waals surface area (Å²) in [5.74, 6) is 1.36. The number of rotatable bonds is 6. The van der Waals surface area contributed by atoms with Crippen LogP contribution in [0.2, 0.25) is 0 Å². The monoisotopic (exact) mass is 416 g/mol. The number of ether oxygens (including phenoxy) is 1. The van der Waals surface area contributed by atoms with Crippen molar-refractivity contribution in [1.29, 1.82) is 0 Å². The molecule has 0 saturated carbocycles. The number of piperazine rings is 1. The molecule has 1 aliphatic rings. The van der Waals surface area contributed by atoms with E-state index in [-0.39, 0.29) is 5.82 Å². The van der Waals surface area contributed by atoms with E-state index in [9.17, 15) is 4.39 Å². The lowest BCUT2D eigenvalue weighted by atomic mass is 10.3. The minimum Gasteiger partial charge on any atom is -0.481 e. The van der Waals surface area contributed by atoms with Crippen molar-refractivity contribution in [2.75, 3.05) is 31.1 Å². The van der Waals surface area contributed by atoms with Gasteiger partial charge in [0, 0.05) is 38.6 Å². The van der Waals surface area contributed by atoms with Crippen molar-refractivity contribution in [3.63, 3.8) is 0 Å². The Hall–Kier alpha value is -2.85. The Morgan fingerprint density at radius 1 is 1.14 bits per heavy atom. The summed E-state index contributed by atoms with van der Waals surface area (Å²) in [4.78, 5) is 13.3. The Morgan fingerprint density at radius 3 is 2.52 bits per heavy atom. The smallest absolute Gasteiger partial charge is 0.288 e. The van der Waals surface area contributed by atoms with Gasteiger partial charge in [-0.2, -0.15) is 0 Å². The summed E-state index contributed by atoms with van der Waals surface area (Å²) in [6.07, 6.45) is 3.05. The van der Waals surface area contributed by atoms with E-state index in [1.54, 1.807) is 29.2 Å². The van der Waals surface area contributed by atoms with Crippen molar-refractivity contribution in [2.24, 2.45) is 0 Å². The lowest BCUT2D eigenvalue weighted by Crippen LogP contribution is -2.47. The summed E-state index contributed by atoms with van der Waals surface area (Å²) < 4.78 is 26.1. The molecular weight excluding hydrogens is 395 g/mol. The predicted molar refractivity (Wildman–Crippen MR) is 107 cm³/mol. The highest BCUT2D eigenvalue weighted by molar-refractivity contribution is 7.71. The normalized spacial score (nSPS) is 16.0. The number of aromatic nitrogens is 4. The molecule has 0 unspecified atom stereocenters. The van der Waals surface area contributed by atoms with Gasteiger partial charge >= 0.3 is 0 Å². The van der Waals surface area contributed by atoms with Crippen LogP contribution in [0.3, 0.4) is 0 Å². The summed E-state index contributed by atoms with van der Waals surface area (Å²) in [6.45, 7) is 5.67. The highest BCUT2D eigenvalue weighted by atomic mass is 32.1. The quantitative estimate of drug-likeness (QED) is 0.568. The molecule has 8 nitrogen and oxygen atoms in total. The number of anilines is 1. The average molecular weight is 416 g/mol. The molecule has 1 aliphatic heterocycles. The second-order valence-corrected chi connectivity index (χ2v) is 7.06. The SMILES string of the molecule is C[C@@H](Oc1ccc(F)cc1)c1nn(CN2CCN(c3ncccn3)CC2)c(=S)o1. The zero-order chi connectivity index (χ0) is 20.2. The molecule has 29 heavy (non-hydrogen) atoms. The van der Waals surface area contributed by atoms with Gasteiger partial charge in [0.05, 0.1) is 6.67 Å². The van der Waals surface area contributed by atoms with Crippen molar-refractivity contribution in [2.45, 2.75) is 19.7 Å². The molecule has 1 saturated heterocycles. The maximum atomic E-state index is 13.0. The Labute approximate surface area is 172 Å². The van der Waals surface area contributed by atoms with Gasteiger partial charge in [-0.3, -0.25) is 4.90 Å². The van der Waals surface area contributed by atoms with E-state index in [2.05, 4.69) is 24.9 Å². The minimum atomic E-state index is -0.449. The molecule has 10 heteroatoms. The fraction of sp³-hybridized carbons (Fsp3) is 0.368. The summed E-state index contributed by atoms with van der Waals surface area (Å²) in [5.41, 5.74) is 0. The van der Waals surface area contributed by atoms with Gasteiger partial charge in [0.1, 0.15) is 11.6 Å². The van der Waals surface area contributed by atoms with Crippen molar-refractivity contribution < 1.29 is 13.5 Å². The molecule has 2 aromatic heterocycles. The standard InChI is InChI=1S/C19H21FN6O2S/c1-14(27-16-5-3-15(20)4-6-16)17-23-26(19(29)28-17)13-24-9-11-25(12-10-24)18-21-7-2-8-22-18/h2-8,14H,9-13H2,1H3/t14-/m1/s1. The Morgan fingerprint density at radius 2 is 1.83 bits per heavy atom. The van der Waals surface area contributed by atoms with Crippen LogP contribution in [0, 0.1) is 10.7 Å². The molecule has 3 aromatic rings.